The van der Waals surface area contributed by atoms with Crippen LogP contribution in [0.5, 0.6) is 0 Å². The molecule has 2 aromatic heterocycles. The number of halogens is 2. The average molecular weight is 421 g/mol. The molecule has 0 saturated carbocycles. The van der Waals surface area contributed by atoms with Gasteiger partial charge in [-0.05, 0) is 29.3 Å². The second-order valence-corrected chi connectivity index (χ2v) is 6.34. The van der Waals surface area contributed by atoms with Gasteiger partial charge in [0.1, 0.15) is 0 Å². The highest BCUT2D eigenvalue weighted by Gasteiger charge is 2.16. The number of hydrogen-bond acceptors (Lipinski definition) is 6. The van der Waals surface area contributed by atoms with Gasteiger partial charge in [-0.25, -0.2) is 9.67 Å². The van der Waals surface area contributed by atoms with Crippen molar-refractivity contribution in [2.75, 3.05) is 25.0 Å². The normalized spacial score (nSPS) is 16.2. The number of benzene rings is 1. The minimum atomic E-state index is -0.260. The lowest BCUT2D eigenvalue weighted by Gasteiger charge is -2.24. The van der Waals surface area contributed by atoms with Gasteiger partial charge in [0.2, 0.25) is 5.28 Å². The Kier molecular flexibility index (Phi) is 6.58. The van der Waals surface area contributed by atoms with E-state index < -0.39 is 0 Å². The number of aromatic nitrogens is 4. The van der Waals surface area contributed by atoms with Crippen LogP contribution >= 0.6 is 24.0 Å². The van der Waals surface area contributed by atoms with Crippen LogP contribution in [0.2, 0.25) is 5.28 Å². The fraction of sp³-hybridized carbons (Fsp3) is 0.222. The van der Waals surface area contributed by atoms with Crippen LogP contribution in [0.25, 0.3) is 5.82 Å². The first-order chi connectivity index (χ1) is 13.2. The largest absolute Gasteiger partial charge is 0.371 e. The van der Waals surface area contributed by atoms with Crippen LogP contribution < -0.4 is 10.6 Å². The second-order valence-electron chi connectivity index (χ2n) is 6.00. The van der Waals surface area contributed by atoms with Crippen molar-refractivity contribution in [2.24, 2.45) is 0 Å². The minimum absolute atomic E-state index is 0. The fourth-order valence-corrected chi connectivity index (χ4v) is 2.93. The third kappa shape index (κ3) is 4.66. The van der Waals surface area contributed by atoms with Crippen LogP contribution in [0.1, 0.15) is 22.0 Å². The van der Waals surface area contributed by atoms with E-state index in [0.717, 1.165) is 18.7 Å². The van der Waals surface area contributed by atoms with E-state index in [1.54, 1.807) is 12.3 Å². The fourth-order valence-electron chi connectivity index (χ4n) is 2.78. The molecular weight excluding hydrogens is 403 g/mol. The van der Waals surface area contributed by atoms with Crippen molar-refractivity contribution in [3.05, 3.63) is 65.3 Å². The number of anilines is 1. The van der Waals surface area contributed by atoms with Gasteiger partial charge in [-0.1, -0.05) is 12.1 Å². The van der Waals surface area contributed by atoms with Crippen molar-refractivity contribution < 1.29 is 9.53 Å². The zero-order valence-corrected chi connectivity index (χ0v) is 16.3. The van der Waals surface area contributed by atoms with Gasteiger partial charge in [-0.3, -0.25) is 4.79 Å². The summed E-state index contributed by atoms with van der Waals surface area (Å²) >= 11 is 5.78. The first kappa shape index (κ1) is 20.2. The molecule has 1 atom stereocenters. The number of hydrogen-bond donors (Lipinski definition) is 2. The van der Waals surface area contributed by atoms with Crippen LogP contribution in [-0.2, 0) is 4.74 Å². The zero-order chi connectivity index (χ0) is 18.6. The topological polar surface area (TPSA) is 94.0 Å². The van der Waals surface area contributed by atoms with Gasteiger partial charge in [0.25, 0.3) is 5.91 Å². The third-order valence-electron chi connectivity index (χ3n) is 4.16. The molecule has 1 aliphatic rings. The molecule has 8 nitrogen and oxygen atoms in total. The Hall–Kier alpha value is -2.52. The number of nitrogens with one attached hydrogen (secondary N) is 2. The summed E-state index contributed by atoms with van der Waals surface area (Å²) in [6.45, 7) is 2.36. The molecule has 28 heavy (non-hydrogen) atoms. The van der Waals surface area contributed by atoms with Gasteiger partial charge in [0.15, 0.2) is 5.82 Å². The Balaban J connectivity index is 0.00000225. The van der Waals surface area contributed by atoms with E-state index in [2.05, 4.69) is 25.7 Å². The summed E-state index contributed by atoms with van der Waals surface area (Å²) in [6, 6.07) is 9.29. The number of amides is 1. The molecular formula is C18H18Cl2N6O2. The Morgan fingerprint density at radius 2 is 2.11 bits per heavy atom. The molecule has 1 aliphatic heterocycles. The Morgan fingerprint density at radius 1 is 1.29 bits per heavy atom. The van der Waals surface area contributed by atoms with Crippen molar-refractivity contribution >= 4 is 35.6 Å². The highest BCUT2D eigenvalue weighted by Crippen LogP contribution is 2.21. The van der Waals surface area contributed by atoms with E-state index in [1.807, 2.05) is 24.3 Å². The summed E-state index contributed by atoms with van der Waals surface area (Å²) in [5.74, 6) is 0.226. The highest BCUT2D eigenvalue weighted by molar-refractivity contribution is 6.28. The highest BCUT2D eigenvalue weighted by atomic mass is 35.5. The molecule has 1 fully saturated rings. The molecule has 3 heterocycles. The summed E-state index contributed by atoms with van der Waals surface area (Å²) in [4.78, 5) is 20.3. The van der Waals surface area contributed by atoms with Crippen molar-refractivity contribution in [2.45, 2.75) is 6.10 Å². The molecule has 0 radical (unpaired) electrons. The van der Waals surface area contributed by atoms with E-state index in [9.17, 15) is 4.79 Å². The smallest absolute Gasteiger partial charge is 0.258 e. The van der Waals surface area contributed by atoms with Gasteiger partial charge < -0.3 is 15.4 Å². The molecule has 0 spiro atoms. The van der Waals surface area contributed by atoms with Gasteiger partial charge in [0, 0.05) is 37.2 Å². The summed E-state index contributed by atoms with van der Waals surface area (Å²) in [6.07, 6.45) is 4.63. The monoisotopic (exact) mass is 420 g/mol. The lowest BCUT2D eigenvalue weighted by Crippen LogP contribution is -2.33. The predicted molar refractivity (Wildman–Crippen MR) is 107 cm³/mol. The van der Waals surface area contributed by atoms with Crippen LogP contribution in [0.3, 0.4) is 0 Å². The van der Waals surface area contributed by atoms with E-state index in [1.165, 1.54) is 17.1 Å². The van der Waals surface area contributed by atoms with Crippen LogP contribution in [0.15, 0.2) is 48.9 Å². The van der Waals surface area contributed by atoms with Crippen molar-refractivity contribution in [3.63, 3.8) is 0 Å². The molecule has 10 heteroatoms. The number of rotatable bonds is 4. The molecule has 3 aromatic rings. The number of morpholine rings is 1. The van der Waals surface area contributed by atoms with Gasteiger partial charge >= 0.3 is 0 Å². The number of ether oxygens (including phenoxy) is 1. The maximum Gasteiger partial charge on any atom is 0.258 e. The maximum absolute atomic E-state index is 12.5. The van der Waals surface area contributed by atoms with E-state index in [4.69, 9.17) is 16.3 Å². The molecule has 4 rings (SSSR count). The first-order valence-electron chi connectivity index (χ1n) is 8.46. The average Bonchev–Trinajstić information content (AvgIpc) is 3.20. The Labute approximate surface area is 172 Å². The number of carbonyl (C=O) groups excluding carboxylic acids is 1. The van der Waals surface area contributed by atoms with Crippen molar-refractivity contribution in [1.29, 1.82) is 0 Å². The predicted octanol–water partition coefficient (Wildman–Crippen LogP) is 2.65. The number of nitrogens with zero attached hydrogens (tertiary/aromatic N) is 4. The minimum Gasteiger partial charge on any atom is -0.371 e. The Bertz CT molecular complexity index is 941. The van der Waals surface area contributed by atoms with Crippen LogP contribution in [0.4, 0.5) is 5.69 Å². The van der Waals surface area contributed by atoms with Crippen LogP contribution in [0, 0.1) is 0 Å². The SMILES string of the molecule is Cl.O=C(Nc1ccc(C2CNCCO2)cc1)c1cnn(-c2ccnc(Cl)n2)c1. The molecule has 1 unspecified atom stereocenters. The quantitative estimate of drug-likeness (QED) is 0.630. The molecule has 1 aromatic carbocycles. The molecule has 1 saturated heterocycles. The summed E-state index contributed by atoms with van der Waals surface area (Å²) in [7, 11) is 0. The van der Waals surface area contributed by atoms with Crippen molar-refractivity contribution in [1.82, 2.24) is 25.1 Å². The van der Waals surface area contributed by atoms with Gasteiger partial charge in [-0.15, -0.1) is 12.4 Å². The molecule has 1 amide bonds. The molecule has 2 N–H and O–H groups in total. The third-order valence-corrected chi connectivity index (χ3v) is 4.34. The van der Waals surface area contributed by atoms with Crippen molar-refractivity contribution in [3.8, 4) is 5.82 Å². The van der Waals surface area contributed by atoms with Gasteiger partial charge in [-0.2, -0.15) is 10.1 Å². The lowest BCUT2D eigenvalue weighted by atomic mass is 10.1. The summed E-state index contributed by atoms with van der Waals surface area (Å²) in [5, 5.41) is 10.4. The molecule has 146 valence electrons. The van der Waals surface area contributed by atoms with E-state index in [-0.39, 0.29) is 29.7 Å². The molecule has 0 aliphatic carbocycles. The molecule has 0 bridgehead atoms. The van der Waals surface area contributed by atoms with E-state index in [0.29, 0.717) is 23.7 Å². The Morgan fingerprint density at radius 3 is 2.82 bits per heavy atom. The van der Waals surface area contributed by atoms with E-state index >= 15 is 0 Å². The standard InChI is InChI=1S/C18H17ClN6O2.ClH/c19-18-21-6-5-16(24-18)25-11-13(9-22-25)17(26)23-14-3-1-12(2-4-14)15-10-20-7-8-27-15;/h1-6,9,11,15,20H,7-8,10H2,(H,23,26);1H. The summed E-state index contributed by atoms with van der Waals surface area (Å²) in [5.41, 5.74) is 2.19. The second kappa shape index (κ2) is 9.11. The first-order valence-corrected chi connectivity index (χ1v) is 8.84. The maximum atomic E-state index is 12.5. The zero-order valence-electron chi connectivity index (χ0n) is 14.7. The van der Waals surface area contributed by atoms with Gasteiger partial charge in [0.05, 0.1) is 24.5 Å². The summed E-state index contributed by atoms with van der Waals surface area (Å²) < 4.78 is 7.20. The lowest BCUT2D eigenvalue weighted by molar-refractivity contribution is 0.0277. The number of carbonyl (C=O) groups is 1. The van der Waals surface area contributed by atoms with Crippen LogP contribution in [-0.4, -0.2) is 45.4 Å².